The SMILES string of the molecule is COc1ccc(OC)c(C2CCCN2S(=O)(=O)N2CCC(C(N)=O)CC2)c1. The van der Waals surface area contributed by atoms with Crippen molar-refractivity contribution in [3.8, 4) is 11.5 Å². The van der Waals surface area contributed by atoms with Gasteiger partial charge < -0.3 is 15.2 Å². The zero-order valence-corrected chi connectivity index (χ0v) is 16.6. The Balaban J connectivity index is 1.85. The first-order valence-corrected chi connectivity index (χ1v) is 10.6. The molecular weight excluding hydrogens is 370 g/mol. The maximum absolute atomic E-state index is 13.3. The van der Waals surface area contributed by atoms with Gasteiger partial charge in [-0.3, -0.25) is 4.79 Å². The molecule has 2 N–H and O–H groups in total. The Kier molecular flexibility index (Phi) is 5.92. The molecule has 0 aliphatic carbocycles. The van der Waals surface area contributed by atoms with E-state index in [4.69, 9.17) is 15.2 Å². The number of ether oxygens (including phenoxy) is 2. The summed E-state index contributed by atoms with van der Waals surface area (Å²) in [6, 6.07) is 5.14. The van der Waals surface area contributed by atoms with Crippen LogP contribution in [0.5, 0.6) is 11.5 Å². The van der Waals surface area contributed by atoms with Crippen LogP contribution in [0.4, 0.5) is 0 Å². The molecule has 2 saturated heterocycles. The molecule has 2 aliphatic heterocycles. The van der Waals surface area contributed by atoms with E-state index in [1.165, 1.54) is 4.31 Å². The third-order valence-electron chi connectivity index (χ3n) is 5.48. The molecule has 0 radical (unpaired) electrons. The van der Waals surface area contributed by atoms with Crippen LogP contribution in [0.15, 0.2) is 18.2 Å². The highest BCUT2D eigenvalue weighted by Gasteiger charge is 2.41. The molecule has 2 heterocycles. The summed E-state index contributed by atoms with van der Waals surface area (Å²) < 4.78 is 40.3. The van der Waals surface area contributed by atoms with Gasteiger partial charge in [0, 0.05) is 31.1 Å². The first-order valence-electron chi connectivity index (χ1n) is 9.16. The molecule has 1 aromatic rings. The molecular formula is C18H27N3O5S. The predicted molar refractivity (Wildman–Crippen MR) is 101 cm³/mol. The molecule has 1 unspecified atom stereocenters. The van der Waals surface area contributed by atoms with Crippen molar-refractivity contribution in [1.82, 2.24) is 8.61 Å². The zero-order chi connectivity index (χ0) is 19.6. The second-order valence-electron chi connectivity index (χ2n) is 6.96. The number of hydrogen-bond donors (Lipinski definition) is 1. The van der Waals surface area contributed by atoms with Crippen LogP contribution >= 0.6 is 0 Å². The molecule has 3 rings (SSSR count). The molecule has 27 heavy (non-hydrogen) atoms. The summed E-state index contributed by atoms with van der Waals surface area (Å²) in [6.07, 6.45) is 2.44. The number of primary amides is 1. The van der Waals surface area contributed by atoms with Gasteiger partial charge in [0.1, 0.15) is 11.5 Å². The largest absolute Gasteiger partial charge is 0.497 e. The summed E-state index contributed by atoms with van der Waals surface area (Å²) in [4.78, 5) is 11.4. The smallest absolute Gasteiger partial charge is 0.282 e. The summed E-state index contributed by atoms with van der Waals surface area (Å²) in [5, 5.41) is 0. The first kappa shape index (κ1) is 19.9. The number of nitrogens with zero attached hydrogens (tertiary/aromatic N) is 2. The van der Waals surface area contributed by atoms with Crippen molar-refractivity contribution in [3.05, 3.63) is 23.8 Å². The number of amides is 1. The summed E-state index contributed by atoms with van der Waals surface area (Å²) in [6.45, 7) is 1.09. The van der Waals surface area contributed by atoms with Gasteiger partial charge in [0.25, 0.3) is 10.2 Å². The molecule has 8 nitrogen and oxygen atoms in total. The minimum absolute atomic E-state index is 0.246. The van der Waals surface area contributed by atoms with Gasteiger partial charge in [-0.1, -0.05) is 0 Å². The Morgan fingerprint density at radius 3 is 2.41 bits per heavy atom. The molecule has 1 atom stereocenters. The van der Waals surface area contributed by atoms with E-state index in [2.05, 4.69) is 0 Å². The average Bonchev–Trinajstić information content (AvgIpc) is 3.18. The molecule has 150 valence electrons. The van der Waals surface area contributed by atoms with Crippen molar-refractivity contribution < 1.29 is 22.7 Å². The Morgan fingerprint density at radius 1 is 1.11 bits per heavy atom. The van der Waals surface area contributed by atoms with Gasteiger partial charge in [0.05, 0.1) is 20.3 Å². The van der Waals surface area contributed by atoms with E-state index >= 15 is 0 Å². The third-order valence-corrected chi connectivity index (χ3v) is 7.53. The average molecular weight is 397 g/mol. The predicted octanol–water partition coefficient (Wildman–Crippen LogP) is 1.28. The highest BCUT2D eigenvalue weighted by molar-refractivity contribution is 7.86. The van der Waals surface area contributed by atoms with Crippen LogP contribution in [-0.2, 0) is 15.0 Å². The lowest BCUT2D eigenvalue weighted by Gasteiger charge is -2.35. The Morgan fingerprint density at radius 2 is 1.81 bits per heavy atom. The second-order valence-corrected chi connectivity index (χ2v) is 8.84. The van der Waals surface area contributed by atoms with Crippen LogP contribution in [0.25, 0.3) is 0 Å². The summed E-state index contributed by atoms with van der Waals surface area (Å²) in [7, 11) is -0.476. The van der Waals surface area contributed by atoms with E-state index in [0.717, 1.165) is 18.4 Å². The fraction of sp³-hybridized carbons (Fsp3) is 0.611. The Bertz CT molecular complexity index is 790. The lowest BCUT2D eigenvalue weighted by Crippen LogP contribution is -2.48. The van der Waals surface area contributed by atoms with Gasteiger partial charge in [0.2, 0.25) is 5.91 Å². The lowest BCUT2D eigenvalue weighted by molar-refractivity contribution is -0.122. The quantitative estimate of drug-likeness (QED) is 0.779. The van der Waals surface area contributed by atoms with Crippen LogP contribution in [0.2, 0.25) is 0 Å². The zero-order valence-electron chi connectivity index (χ0n) is 15.8. The minimum Gasteiger partial charge on any atom is -0.497 e. The number of carbonyl (C=O) groups excluding carboxylic acids is 1. The lowest BCUT2D eigenvalue weighted by atomic mass is 9.98. The molecule has 1 amide bonds. The number of nitrogens with two attached hydrogens (primary N) is 1. The van der Waals surface area contributed by atoms with Gasteiger partial charge in [-0.05, 0) is 43.9 Å². The highest BCUT2D eigenvalue weighted by atomic mass is 32.2. The molecule has 0 spiro atoms. The van der Waals surface area contributed by atoms with Crippen LogP contribution in [0.1, 0.15) is 37.3 Å². The minimum atomic E-state index is -3.63. The summed E-state index contributed by atoms with van der Waals surface area (Å²) in [5.41, 5.74) is 6.17. The Hall–Kier alpha value is -1.84. The van der Waals surface area contributed by atoms with Crippen LogP contribution in [0, 0.1) is 5.92 Å². The maximum Gasteiger partial charge on any atom is 0.282 e. The van der Waals surface area contributed by atoms with E-state index < -0.39 is 10.2 Å². The van der Waals surface area contributed by atoms with Gasteiger partial charge >= 0.3 is 0 Å². The van der Waals surface area contributed by atoms with Gasteiger partial charge in [0.15, 0.2) is 0 Å². The van der Waals surface area contributed by atoms with Crippen molar-refractivity contribution in [3.63, 3.8) is 0 Å². The first-order chi connectivity index (χ1) is 12.9. The number of methoxy groups -OCH3 is 2. The Labute approximate surface area is 160 Å². The van der Waals surface area contributed by atoms with Crippen molar-refractivity contribution in [2.24, 2.45) is 11.7 Å². The summed E-state index contributed by atoms with van der Waals surface area (Å²) in [5.74, 6) is 0.712. The van der Waals surface area contributed by atoms with Crippen LogP contribution in [-0.4, -0.2) is 56.8 Å². The topological polar surface area (TPSA) is 102 Å². The number of carbonyl (C=O) groups is 1. The molecule has 9 heteroatoms. The normalized spacial score (nSPS) is 22.7. The molecule has 2 fully saturated rings. The number of hydrogen-bond acceptors (Lipinski definition) is 5. The highest BCUT2D eigenvalue weighted by Crippen LogP contribution is 2.41. The van der Waals surface area contributed by atoms with Crippen molar-refractivity contribution >= 4 is 16.1 Å². The van der Waals surface area contributed by atoms with E-state index in [9.17, 15) is 13.2 Å². The molecule has 0 aromatic heterocycles. The van der Waals surface area contributed by atoms with Crippen molar-refractivity contribution in [2.45, 2.75) is 31.7 Å². The number of rotatable bonds is 6. The third kappa shape index (κ3) is 3.90. The molecule has 0 bridgehead atoms. The van der Waals surface area contributed by atoms with Crippen molar-refractivity contribution in [2.75, 3.05) is 33.9 Å². The number of benzene rings is 1. The standard InChI is InChI=1S/C18H27N3O5S/c1-25-14-5-6-17(26-2)15(12-14)16-4-3-9-21(16)27(23,24)20-10-7-13(8-11-20)18(19)22/h5-6,12-13,16H,3-4,7-11H2,1-2H3,(H2,19,22). The van der Waals surface area contributed by atoms with Gasteiger partial charge in [-0.25, -0.2) is 0 Å². The molecule has 2 aliphatic rings. The molecule has 0 saturated carbocycles. The van der Waals surface area contributed by atoms with Crippen LogP contribution < -0.4 is 15.2 Å². The molecule has 1 aromatic carbocycles. The van der Waals surface area contributed by atoms with E-state index in [1.807, 2.05) is 6.07 Å². The summed E-state index contributed by atoms with van der Waals surface area (Å²) >= 11 is 0. The second kappa shape index (κ2) is 8.04. The fourth-order valence-corrected chi connectivity index (χ4v) is 5.82. The van der Waals surface area contributed by atoms with Crippen molar-refractivity contribution in [1.29, 1.82) is 0 Å². The van der Waals surface area contributed by atoms with E-state index in [-0.39, 0.29) is 17.9 Å². The number of piperidine rings is 1. The maximum atomic E-state index is 13.3. The monoisotopic (exact) mass is 397 g/mol. The van der Waals surface area contributed by atoms with Crippen LogP contribution in [0.3, 0.4) is 0 Å². The van der Waals surface area contributed by atoms with Gasteiger partial charge in [-0.2, -0.15) is 17.0 Å². The van der Waals surface area contributed by atoms with E-state index in [0.29, 0.717) is 44.0 Å². The van der Waals surface area contributed by atoms with Gasteiger partial charge in [-0.15, -0.1) is 0 Å². The van der Waals surface area contributed by atoms with E-state index in [1.54, 1.807) is 30.7 Å². The fourth-order valence-electron chi connectivity index (χ4n) is 3.95.